The van der Waals surface area contributed by atoms with Crippen molar-refractivity contribution in [3.8, 4) is 0 Å². The molecule has 0 saturated carbocycles. The fourth-order valence-electron chi connectivity index (χ4n) is 2.62. The highest BCUT2D eigenvalue weighted by Crippen LogP contribution is 2.19. The zero-order valence-electron chi connectivity index (χ0n) is 13.8. The smallest absolute Gasteiger partial charge is 0.238 e. The summed E-state index contributed by atoms with van der Waals surface area (Å²) in [5.41, 5.74) is 7.06. The Balaban J connectivity index is 2.13. The fourth-order valence-corrected chi connectivity index (χ4v) is 2.62. The SMILES string of the molecule is CNC(CC(N)=O)C(=O)NC(Cc1c[nH]c2ccccc12)C(C)=O. The number of para-hydroxylation sites is 1. The van der Waals surface area contributed by atoms with Crippen molar-refractivity contribution in [2.75, 3.05) is 7.05 Å². The maximum atomic E-state index is 12.3. The van der Waals surface area contributed by atoms with Crippen molar-refractivity contribution in [1.29, 1.82) is 0 Å². The summed E-state index contributed by atoms with van der Waals surface area (Å²) >= 11 is 0. The van der Waals surface area contributed by atoms with Gasteiger partial charge >= 0.3 is 0 Å². The van der Waals surface area contributed by atoms with Gasteiger partial charge in [-0.25, -0.2) is 0 Å². The first kappa shape index (κ1) is 17.7. The molecule has 0 saturated heterocycles. The van der Waals surface area contributed by atoms with E-state index in [1.54, 1.807) is 7.05 Å². The molecule has 128 valence electrons. The van der Waals surface area contributed by atoms with Crippen LogP contribution in [0.3, 0.4) is 0 Å². The Morgan fingerprint density at radius 3 is 2.54 bits per heavy atom. The van der Waals surface area contributed by atoms with E-state index in [1.807, 2.05) is 30.5 Å². The molecule has 5 N–H and O–H groups in total. The Kier molecular flexibility index (Phi) is 5.70. The lowest BCUT2D eigenvalue weighted by Crippen LogP contribution is -2.50. The fraction of sp³-hybridized carbons (Fsp3) is 0.353. The average Bonchev–Trinajstić information content (AvgIpc) is 2.94. The number of nitrogens with two attached hydrogens (primary N) is 1. The highest BCUT2D eigenvalue weighted by molar-refractivity contribution is 5.93. The van der Waals surface area contributed by atoms with Crippen LogP contribution in [0.2, 0.25) is 0 Å². The van der Waals surface area contributed by atoms with E-state index in [0.29, 0.717) is 6.42 Å². The summed E-state index contributed by atoms with van der Waals surface area (Å²) in [5.74, 6) is -1.15. The van der Waals surface area contributed by atoms with Gasteiger partial charge in [0, 0.05) is 23.5 Å². The van der Waals surface area contributed by atoms with E-state index in [9.17, 15) is 14.4 Å². The van der Waals surface area contributed by atoms with Crippen LogP contribution in [0.5, 0.6) is 0 Å². The van der Waals surface area contributed by atoms with Crippen LogP contribution in [0.25, 0.3) is 10.9 Å². The number of primary amides is 1. The first-order valence-corrected chi connectivity index (χ1v) is 7.73. The topological polar surface area (TPSA) is 117 Å². The molecule has 1 heterocycles. The molecule has 0 fully saturated rings. The van der Waals surface area contributed by atoms with Crippen LogP contribution in [0.15, 0.2) is 30.5 Å². The number of ketones is 1. The van der Waals surface area contributed by atoms with Crippen molar-refractivity contribution < 1.29 is 14.4 Å². The molecule has 7 heteroatoms. The van der Waals surface area contributed by atoms with Crippen molar-refractivity contribution in [2.24, 2.45) is 5.73 Å². The number of Topliss-reactive ketones (excluding diaryl/α,β-unsaturated/α-hetero) is 1. The molecular formula is C17H22N4O3. The summed E-state index contributed by atoms with van der Waals surface area (Å²) in [6.45, 7) is 1.43. The number of benzene rings is 1. The first-order chi connectivity index (χ1) is 11.4. The predicted octanol–water partition coefficient (Wildman–Crippen LogP) is 0.248. The van der Waals surface area contributed by atoms with Gasteiger partial charge in [0.25, 0.3) is 0 Å². The molecule has 1 aromatic carbocycles. The van der Waals surface area contributed by atoms with Gasteiger partial charge in [-0.2, -0.15) is 0 Å². The van der Waals surface area contributed by atoms with E-state index in [-0.39, 0.29) is 12.2 Å². The van der Waals surface area contributed by atoms with Gasteiger partial charge < -0.3 is 21.4 Å². The van der Waals surface area contributed by atoms with E-state index in [2.05, 4.69) is 15.6 Å². The van der Waals surface area contributed by atoms with Crippen molar-refractivity contribution in [1.82, 2.24) is 15.6 Å². The third-order valence-electron chi connectivity index (χ3n) is 3.98. The second-order valence-corrected chi connectivity index (χ2v) is 5.75. The maximum absolute atomic E-state index is 12.3. The molecule has 2 amide bonds. The number of hydrogen-bond acceptors (Lipinski definition) is 4. The standard InChI is InChI=1S/C17H22N4O3/c1-10(22)14(21-17(24)15(19-2)8-16(18)23)7-11-9-20-13-6-4-3-5-12(11)13/h3-6,9,14-15,19-20H,7-8H2,1-2H3,(H2,18,23)(H,21,24). The number of carbonyl (C=O) groups excluding carboxylic acids is 3. The maximum Gasteiger partial charge on any atom is 0.238 e. The van der Waals surface area contributed by atoms with Crippen LogP contribution in [0, 0.1) is 0 Å². The molecule has 2 atom stereocenters. The average molecular weight is 330 g/mol. The molecule has 7 nitrogen and oxygen atoms in total. The highest BCUT2D eigenvalue weighted by Gasteiger charge is 2.24. The number of aromatic amines is 1. The summed E-state index contributed by atoms with van der Waals surface area (Å²) in [6.07, 6.45) is 2.09. The molecule has 0 aliphatic rings. The molecule has 1 aromatic heterocycles. The third-order valence-corrected chi connectivity index (χ3v) is 3.98. The van der Waals surface area contributed by atoms with E-state index < -0.39 is 23.9 Å². The monoisotopic (exact) mass is 330 g/mol. The van der Waals surface area contributed by atoms with Crippen molar-refractivity contribution in [3.05, 3.63) is 36.0 Å². The van der Waals surface area contributed by atoms with Gasteiger partial charge in [-0.1, -0.05) is 18.2 Å². The van der Waals surface area contributed by atoms with Crippen LogP contribution in [0.1, 0.15) is 18.9 Å². The van der Waals surface area contributed by atoms with Crippen LogP contribution in [-0.4, -0.2) is 41.7 Å². The number of carbonyl (C=O) groups is 3. The van der Waals surface area contributed by atoms with Crippen LogP contribution < -0.4 is 16.4 Å². The minimum Gasteiger partial charge on any atom is -0.370 e. The number of rotatable bonds is 8. The normalized spacial score (nSPS) is 13.4. The number of fused-ring (bicyclic) bond motifs is 1. The van der Waals surface area contributed by atoms with Gasteiger partial charge in [-0.3, -0.25) is 14.4 Å². The molecule has 2 unspecified atom stereocenters. The highest BCUT2D eigenvalue weighted by atomic mass is 16.2. The second kappa shape index (κ2) is 7.74. The number of aromatic nitrogens is 1. The van der Waals surface area contributed by atoms with Gasteiger partial charge in [0.1, 0.15) is 0 Å². The molecule has 0 bridgehead atoms. The molecular weight excluding hydrogens is 308 g/mol. The molecule has 0 spiro atoms. The summed E-state index contributed by atoms with van der Waals surface area (Å²) < 4.78 is 0. The number of likely N-dealkylation sites (N-methyl/N-ethyl adjacent to an activating group) is 1. The molecule has 24 heavy (non-hydrogen) atoms. The van der Waals surface area contributed by atoms with Gasteiger partial charge in [-0.15, -0.1) is 0 Å². The lowest BCUT2D eigenvalue weighted by Gasteiger charge is -2.20. The Labute approximate surface area is 140 Å². The van der Waals surface area contributed by atoms with Crippen LogP contribution in [0.4, 0.5) is 0 Å². The molecule has 0 aliphatic carbocycles. The Hall–Kier alpha value is -2.67. The van der Waals surface area contributed by atoms with Crippen molar-refractivity contribution >= 4 is 28.5 Å². The Morgan fingerprint density at radius 2 is 1.92 bits per heavy atom. The van der Waals surface area contributed by atoms with Gasteiger partial charge in [0.15, 0.2) is 5.78 Å². The first-order valence-electron chi connectivity index (χ1n) is 7.73. The van der Waals surface area contributed by atoms with E-state index in [4.69, 9.17) is 5.73 Å². The van der Waals surface area contributed by atoms with E-state index >= 15 is 0 Å². The van der Waals surface area contributed by atoms with Crippen LogP contribution in [-0.2, 0) is 20.8 Å². The quantitative estimate of drug-likeness (QED) is 0.555. The van der Waals surface area contributed by atoms with E-state index in [1.165, 1.54) is 6.92 Å². The Bertz CT molecular complexity index is 753. The molecule has 0 aliphatic heterocycles. The lowest BCUT2D eigenvalue weighted by molar-refractivity contribution is -0.130. The minimum atomic E-state index is -0.757. The second-order valence-electron chi connectivity index (χ2n) is 5.75. The summed E-state index contributed by atoms with van der Waals surface area (Å²) in [7, 11) is 1.57. The third kappa shape index (κ3) is 4.20. The van der Waals surface area contributed by atoms with Crippen molar-refractivity contribution in [3.63, 3.8) is 0 Å². The summed E-state index contributed by atoms with van der Waals surface area (Å²) in [6, 6.07) is 6.33. The van der Waals surface area contributed by atoms with Crippen LogP contribution >= 0.6 is 0 Å². The van der Waals surface area contributed by atoms with E-state index in [0.717, 1.165) is 16.5 Å². The zero-order chi connectivity index (χ0) is 17.7. The van der Waals surface area contributed by atoms with Gasteiger partial charge in [0.05, 0.1) is 18.5 Å². The Morgan fingerprint density at radius 1 is 1.21 bits per heavy atom. The largest absolute Gasteiger partial charge is 0.370 e. The predicted molar refractivity (Wildman–Crippen MR) is 91.3 cm³/mol. The number of hydrogen-bond donors (Lipinski definition) is 4. The summed E-state index contributed by atoms with van der Waals surface area (Å²) in [4.78, 5) is 38.4. The zero-order valence-corrected chi connectivity index (χ0v) is 13.8. The minimum absolute atomic E-state index is 0.125. The summed E-state index contributed by atoms with van der Waals surface area (Å²) in [5, 5.41) is 6.45. The van der Waals surface area contributed by atoms with Gasteiger partial charge in [-0.05, 0) is 25.6 Å². The molecule has 2 rings (SSSR count). The number of H-pyrrole nitrogens is 1. The molecule has 0 radical (unpaired) electrons. The lowest BCUT2D eigenvalue weighted by atomic mass is 10.0. The number of nitrogens with one attached hydrogen (secondary N) is 3. The number of amides is 2. The van der Waals surface area contributed by atoms with Gasteiger partial charge in [0.2, 0.25) is 11.8 Å². The molecule has 2 aromatic rings. The van der Waals surface area contributed by atoms with Crippen molar-refractivity contribution in [2.45, 2.75) is 31.8 Å².